The second kappa shape index (κ2) is 5.45. The monoisotopic (exact) mass is 325 g/mol. The van der Waals surface area contributed by atoms with Gasteiger partial charge in [0.25, 0.3) is 0 Å². The minimum atomic E-state index is -0.193. The van der Waals surface area contributed by atoms with Gasteiger partial charge in [0.2, 0.25) is 0 Å². The molecule has 0 aliphatic rings. The second-order valence-electron chi connectivity index (χ2n) is 4.66. The maximum Gasteiger partial charge on any atom is 0.124 e. The van der Waals surface area contributed by atoms with E-state index in [-0.39, 0.29) is 11.9 Å². The van der Waals surface area contributed by atoms with Gasteiger partial charge in [0.1, 0.15) is 5.82 Å². The molecule has 2 heterocycles. The highest BCUT2D eigenvalue weighted by Crippen LogP contribution is 2.38. The maximum absolute atomic E-state index is 13.3. The molecule has 0 radical (unpaired) electrons. The Hall–Kier alpha value is -0.940. The number of rotatable bonds is 3. The van der Waals surface area contributed by atoms with E-state index in [4.69, 9.17) is 11.6 Å². The molecule has 0 saturated heterocycles. The van der Waals surface area contributed by atoms with Crippen molar-refractivity contribution in [2.75, 3.05) is 7.05 Å². The number of thiophene rings is 2. The van der Waals surface area contributed by atoms with Gasteiger partial charge in [0.05, 0.1) is 10.4 Å². The van der Waals surface area contributed by atoms with E-state index in [1.807, 2.05) is 20.0 Å². The second-order valence-corrected chi connectivity index (χ2v) is 7.46. The van der Waals surface area contributed by atoms with E-state index in [0.717, 1.165) is 20.0 Å². The fraction of sp³-hybridized carbons (Fsp3) is 0.200. The Labute approximate surface area is 130 Å². The predicted octanol–water partition coefficient (Wildman–Crippen LogP) is 5.37. The normalized spacial score (nSPS) is 13.0. The highest BCUT2D eigenvalue weighted by molar-refractivity contribution is 7.19. The quantitative estimate of drug-likeness (QED) is 0.682. The van der Waals surface area contributed by atoms with E-state index in [1.165, 1.54) is 15.8 Å². The Morgan fingerprint density at radius 1 is 1.15 bits per heavy atom. The van der Waals surface area contributed by atoms with Crippen LogP contribution in [0.2, 0.25) is 4.34 Å². The third kappa shape index (κ3) is 2.49. The minimum Gasteiger partial charge on any atom is -0.308 e. The summed E-state index contributed by atoms with van der Waals surface area (Å²) in [5, 5.41) is 4.39. The molecule has 0 aliphatic heterocycles. The fourth-order valence-corrected chi connectivity index (χ4v) is 4.86. The summed E-state index contributed by atoms with van der Waals surface area (Å²) in [6.45, 7) is 2.01. The first-order valence-corrected chi connectivity index (χ1v) is 8.21. The predicted molar refractivity (Wildman–Crippen MR) is 86.8 cm³/mol. The molecule has 20 heavy (non-hydrogen) atoms. The molecule has 0 aliphatic carbocycles. The van der Waals surface area contributed by atoms with Crippen LogP contribution < -0.4 is 5.32 Å². The highest BCUT2D eigenvalue weighted by atomic mass is 35.5. The topological polar surface area (TPSA) is 12.0 Å². The molecule has 0 bridgehead atoms. The van der Waals surface area contributed by atoms with Crippen LogP contribution in [0.5, 0.6) is 0 Å². The van der Waals surface area contributed by atoms with Crippen molar-refractivity contribution in [1.82, 2.24) is 5.32 Å². The van der Waals surface area contributed by atoms with E-state index in [9.17, 15) is 4.39 Å². The van der Waals surface area contributed by atoms with Gasteiger partial charge in [-0.2, -0.15) is 0 Å². The molecule has 1 atom stereocenters. The number of hydrogen-bond acceptors (Lipinski definition) is 3. The summed E-state index contributed by atoms with van der Waals surface area (Å²) in [5.41, 5.74) is 1.10. The lowest BCUT2D eigenvalue weighted by atomic mass is 10.1. The van der Waals surface area contributed by atoms with Gasteiger partial charge in [0, 0.05) is 14.5 Å². The van der Waals surface area contributed by atoms with Gasteiger partial charge < -0.3 is 5.32 Å². The molecule has 5 heteroatoms. The van der Waals surface area contributed by atoms with Gasteiger partial charge in [0.15, 0.2) is 0 Å². The largest absolute Gasteiger partial charge is 0.308 e. The van der Waals surface area contributed by atoms with E-state index in [2.05, 4.69) is 17.4 Å². The van der Waals surface area contributed by atoms with Crippen LogP contribution in [0, 0.1) is 12.7 Å². The van der Waals surface area contributed by atoms with Crippen molar-refractivity contribution in [3.05, 3.63) is 55.8 Å². The molecule has 0 spiro atoms. The smallest absolute Gasteiger partial charge is 0.124 e. The SMILES string of the molecule is CNC(c1cc(C)c(Cl)s1)c1cc2ccc(F)cc2s1. The van der Waals surface area contributed by atoms with Crippen molar-refractivity contribution >= 4 is 44.4 Å². The lowest BCUT2D eigenvalue weighted by Crippen LogP contribution is -2.14. The highest BCUT2D eigenvalue weighted by Gasteiger charge is 2.18. The molecule has 3 rings (SSSR count). The van der Waals surface area contributed by atoms with Gasteiger partial charge in [-0.25, -0.2) is 4.39 Å². The first-order chi connectivity index (χ1) is 9.58. The van der Waals surface area contributed by atoms with Crippen LogP contribution in [0.15, 0.2) is 30.3 Å². The summed E-state index contributed by atoms with van der Waals surface area (Å²) < 4.78 is 15.1. The summed E-state index contributed by atoms with van der Waals surface area (Å²) in [6.07, 6.45) is 0. The van der Waals surface area contributed by atoms with Gasteiger partial charge >= 0.3 is 0 Å². The van der Waals surface area contributed by atoms with Crippen molar-refractivity contribution in [1.29, 1.82) is 0 Å². The van der Waals surface area contributed by atoms with Crippen LogP contribution in [-0.4, -0.2) is 7.05 Å². The van der Waals surface area contributed by atoms with E-state index in [1.54, 1.807) is 28.7 Å². The van der Waals surface area contributed by atoms with E-state index < -0.39 is 0 Å². The zero-order valence-corrected chi connectivity index (χ0v) is 13.4. The van der Waals surface area contributed by atoms with Crippen molar-refractivity contribution in [3.63, 3.8) is 0 Å². The van der Waals surface area contributed by atoms with Gasteiger partial charge in [-0.1, -0.05) is 17.7 Å². The van der Waals surface area contributed by atoms with Gasteiger partial charge in [-0.3, -0.25) is 0 Å². The molecule has 2 aromatic heterocycles. The minimum absolute atomic E-state index is 0.103. The van der Waals surface area contributed by atoms with Crippen molar-refractivity contribution in [3.8, 4) is 0 Å². The number of aryl methyl sites for hydroxylation is 1. The molecule has 104 valence electrons. The van der Waals surface area contributed by atoms with Gasteiger partial charge in [-0.15, -0.1) is 22.7 Å². The van der Waals surface area contributed by atoms with Crippen LogP contribution in [0.4, 0.5) is 4.39 Å². The number of hydrogen-bond donors (Lipinski definition) is 1. The third-order valence-electron chi connectivity index (χ3n) is 3.24. The molecule has 1 nitrogen and oxygen atoms in total. The summed E-state index contributed by atoms with van der Waals surface area (Å²) >= 11 is 9.37. The first kappa shape index (κ1) is 14.0. The zero-order valence-electron chi connectivity index (χ0n) is 11.0. The molecule has 0 amide bonds. The van der Waals surface area contributed by atoms with Crippen LogP contribution in [-0.2, 0) is 0 Å². The van der Waals surface area contributed by atoms with Crippen LogP contribution in [0.1, 0.15) is 21.4 Å². The molecule has 3 aromatic rings. The number of benzene rings is 1. The fourth-order valence-electron chi connectivity index (χ4n) is 2.22. The molecular weight excluding hydrogens is 313 g/mol. The Kier molecular flexibility index (Phi) is 3.82. The van der Waals surface area contributed by atoms with Crippen molar-refractivity contribution in [2.24, 2.45) is 0 Å². The molecule has 1 unspecified atom stereocenters. The first-order valence-electron chi connectivity index (χ1n) is 6.20. The lowest BCUT2D eigenvalue weighted by Gasteiger charge is -2.11. The Balaban J connectivity index is 2.06. The van der Waals surface area contributed by atoms with Gasteiger partial charge in [-0.05, 0) is 49.2 Å². The van der Waals surface area contributed by atoms with Crippen molar-refractivity contribution in [2.45, 2.75) is 13.0 Å². The average molecular weight is 326 g/mol. The molecule has 1 N–H and O–H groups in total. The summed E-state index contributed by atoms with van der Waals surface area (Å²) in [4.78, 5) is 2.35. The summed E-state index contributed by atoms with van der Waals surface area (Å²) in [7, 11) is 1.93. The number of fused-ring (bicyclic) bond motifs is 1. The van der Waals surface area contributed by atoms with Crippen LogP contribution in [0.25, 0.3) is 10.1 Å². The van der Waals surface area contributed by atoms with Crippen LogP contribution >= 0.6 is 34.3 Å². The maximum atomic E-state index is 13.3. The summed E-state index contributed by atoms with van der Waals surface area (Å²) in [6, 6.07) is 9.24. The standard InChI is InChI=1S/C15H13ClFNS2/c1-8-5-12(20-15(8)16)14(18-2)13-6-9-3-4-10(17)7-11(9)19-13/h3-7,14,18H,1-2H3. The molecule has 0 saturated carbocycles. The van der Waals surface area contributed by atoms with E-state index in [0.29, 0.717) is 0 Å². The molecule has 1 aromatic carbocycles. The Morgan fingerprint density at radius 2 is 1.90 bits per heavy atom. The number of nitrogens with one attached hydrogen (secondary N) is 1. The lowest BCUT2D eigenvalue weighted by molar-refractivity contribution is 0.630. The Bertz CT molecular complexity index is 743. The molecular formula is C15H13ClFNS2. The number of halogens is 2. The molecule has 0 fully saturated rings. The average Bonchev–Trinajstić information content (AvgIpc) is 2.95. The van der Waals surface area contributed by atoms with E-state index >= 15 is 0 Å². The third-order valence-corrected chi connectivity index (χ3v) is 6.02. The Morgan fingerprint density at radius 3 is 2.55 bits per heavy atom. The van der Waals surface area contributed by atoms with Crippen molar-refractivity contribution < 1.29 is 4.39 Å². The summed E-state index contributed by atoms with van der Waals surface area (Å²) in [5.74, 6) is -0.193. The van der Waals surface area contributed by atoms with Crippen LogP contribution in [0.3, 0.4) is 0 Å². The zero-order chi connectivity index (χ0) is 14.3.